The van der Waals surface area contributed by atoms with Crippen LogP contribution in [0.15, 0.2) is 45.2 Å². The fourth-order valence-corrected chi connectivity index (χ4v) is 2.29. The molecule has 0 aliphatic heterocycles. The maximum Gasteiger partial charge on any atom is 0.170 e. The molecule has 0 aliphatic carbocycles. The molecule has 1 aromatic carbocycles. The van der Waals surface area contributed by atoms with E-state index in [1.807, 2.05) is 37.3 Å². The normalized spacial score (nSPS) is 13.6. The Bertz CT molecular complexity index is 752. The van der Waals surface area contributed by atoms with Crippen molar-refractivity contribution in [3.63, 3.8) is 0 Å². The quantitative estimate of drug-likeness (QED) is 0.539. The smallest absolute Gasteiger partial charge is 0.170 e. The van der Waals surface area contributed by atoms with E-state index >= 15 is 0 Å². The molecular weight excluding hydrogens is 322 g/mol. The van der Waals surface area contributed by atoms with Crippen molar-refractivity contribution >= 4 is 11.4 Å². The van der Waals surface area contributed by atoms with Crippen molar-refractivity contribution in [1.29, 1.82) is 0 Å². The number of hydrogen-bond acceptors (Lipinski definition) is 7. The highest BCUT2D eigenvalue weighted by molar-refractivity contribution is 6.40. The topological polar surface area (TPSA) is 78.4 Å². The van der Waals surface area contributed by atoms with Gasteiger partial charge in [-0.15, -0.1) is 0 Å². The molecule has 0 saturated carbocycles. The summed E-state index contributed by atoms with van der Waals surface area (Å²) in [7, 11) is 3.12. The Morgan fingerprint density at radius 3 is 2.52 bits per heavy atom. The van der Waals surface area contributed by atoms with Crippen LogP contribution in [0, 0.1) is 6.92 Å². The Kier molecular flexibility index (Phi) is 6.71. The molecule has 25 heavy (non-hydrogen) atoms. The van der Waals surface area contributed by atoms with Gasteiger partial charge in [0.1, 0.15) is 31.2 Å². The molecule has 0 amide bonds. The molecule has 1 unspecified atom stereocenters. The first-order valence-corrected chi connectivity index (χ1v) is 7.85. The van der Waals surface area contributed by atoms with E-state index in [0.717, 1.165) is 16.8 Å². The molecule has 2 aromatic rings. The molecule has 0 bridgehead atoms. The highest BCUT2D eigenvalue weighted by Crippen LogP contribution is 2.29. The molecule has 1 heterocycles. The van der Waals surface area contributed by atoms with Crippen LogP contribution in [0.5, 0.6) is 0 Å². The highest BCUT2D eigenvalue weighted by Gasteiger charge is 2.21. The van der Waals surface area contributed by atoms with Crippen LogP contribution in [0.1, 0.15) is 42.5 Å². The number of benzene rings is 1. The maximum atomic E-state index is 5.61. The van der Waals surface area contributed by atoms with Gasteiger partial charge in [-0.2, -0.15) is 0 Å². The maximum absolute atomic E-state index is 5.61. The van der Waals surface area contributed by atoms with E-state index in [1.54, 1.807) is 21.0 Å². The van der Waals surface area contributed by atoms with Crippen LogP contribution in [0.2, 0.25) is 0 Å². The van der Waals surface area contributed by atoms with Gasteiger partial charge in [0.05, 0.1) is 5.69 Å². The molecule has 1 aromatic heterocycles. The number of aryl methyl sites for hydroxylation is 1. The Morgan fingerprint density at radius 2 is 1.88 bits per heavy atom. The summed E-state index contributed by atoms with van der Waals surface area (Å²) in [5, 5.41) is 11.8. The molecule has 0 N–H and O–H groups in total. The van der Waals surface area contributed by atoms with Crippen molar-refractivity contribution in [2.45, 2.75) is 33.5 Å². The van der Waals surface area contributed by atoms with Crippen LogP contribution in [0.3, 0.4) is 0 Å². The van der Waals surface area contributed by atoms with Crippen molar-refractivity contribution in [2.75, 3.05) is 14.2 Å². The van der Waals surface area contributed by atoms with Gasteiger partial charge in [-0.05, 0) is 31.9 Å². The van der Waals surface area contributed by atoms with Crippen LogP contribution in [0.25, 0.3) is 0 Å². The zero-order valence-corrected chi connectivity index (χ0v) is 15.1. The van der Waals surface area contributed by atoms with Crippen LogP contribution in [-0.2, 0) is 21.0 Å². The molecule has 1 atom stereocenters. The second-order valence-corrected chi connectivity index (χ2v) is 5.49. The Balaban J connectivity index is 2.17. The van der Waals surface area contributed by atoms with Gasteiger partial charge in [-0.3, -0.25) is 0 Å². The van der Waals surface area contributed by atoms with Crippen LogP contribution >= 0.6 is 0 Å². The number of methoxy groups -OCH3 is 1. The van der Waals surface area contributed by atoms with Gasteiger partial charge in [0, 0.05) is 13.2 Å². The fraction of sp³-hybridized carbons (Fsp3) is 0.389. The van der Waals surface area contributed by atoms with Gasteiger partial charge in [-0.1, -0.05) is 39.7 Å². The average molecular weight is 345 g/mol. The van der Waals surface area contributed by atoms with Gasteiger partial charge in [-0.25, -0.2) is 0 Å². The summed E-state index contributed by atoms with van der Waals surface area (Å²) in [6, 6.07) is 9.68. The van der Waals surface area contributed by atoms with Gasteiger partial charge in [0.2, 0.25) is 0 Å². The van der Waals surface area contributed by atoms with Crippen LogP contribution in [0.4, 0.5) is 0 Å². The third-order valence-corrected chi connectivity index (χ3v) is 3.65. The first-order valence-electron chi connectivity index (χ1n) is 7.85. The molecule has 2 rings (SSSR count). The Hall–Kier alpha value is -2.67. The minimum atomic E-state index is -0.358. The summed E-state index contributed by atoms with van der Waals surface area (Å²) >= 11 is 0. The lowest BCUT2D eigenvalue weighted by molar-refractivity contribution is 0.101. The average Bonchev–Trinajstić information content (AvgIpc) is 3.03. The first-order chi connectivity index (χ1) is 12.1. The van der Waals surface area contributed by atoms with E-state index in [-0.39, 0.29) is 6.10 Å². The molecule has 0 saturated heterocycles. The van der Waals surface area contributed by atoms with E-state index in [1.165, 1.54) is 7.11 Å². The van der Waals surface area contributed by atoms with E-state index < -0.39 is 0 Å². The summed E-state index contributed by atoms with van der Waals surface area (Å²) in [5.41, 5.74) is 3.99. The Labute approximate surface area is 147 Å². The summed E-state index contributed by atoms with van der Waals surface area (Å²) in [6.07, 6.45) is -0.358. The molecule has 7 nitrogen and oxygen atoms in total. The number of ether oxygens (including phenoxy) is 1. The van der Waals surface area contributed by atoms with Crippen molar-refractivity contribution in [3.8, 4) is 0 Å². The lowest BCUT2D eigenvalue weighted by atomic mass is 10.0. The standard InChI is InChI=1S/C18H23N3O4/c1-12-10-17(25-19-12)18(22-4)16-9-7-6-8-15(16)11-24-21-14(3)13(2)20-23-5/h6-10,18H,11H2,1-5H3. The number of rotatable bonds is 8. The predicted molar refractivity (Wildman–Crippen MR) is 94.6 cm³/mol. The molecule has 7 heteroatoms. The zero-order valence-electron chi connectivity index (χ0n) is 15.1. The van der Waals surface area contributed by atoms with Gasteiger partial charge < -0.3 is 18.9 Å². The Morgan fingerprint density at radius 1 is 1.16 bits per heavy atom. The summed E-state index contributed by atoms with van der Waals surface area (Å²) in [6.45, 7) is 5.77. The monoisotopic (exact) mass is 345 g/mol. The largest absolute Gasteiger partial charge is 0.399 e. The number of hydrogen-bond donors (Lipinski definition) is 0. The molecule has 0 aliphatic rings. The summed E-state index contributed by atoms with van der Waals surface area (Å²) in [4.78, 5) is 10.2. The van der Waals surface area contributed by atoms with Crippen LogP contribution < -0.4 is 0 Å². The second-order valence-electron chi connectivity index (χ2n) is 5.49. The molecular formula is C18H23N3O4. The van der Waals surface area contributed by atoms with Gasteiger partial charge >= 0.3 is 0 Å². The fourth-order valence-electron chi connectivity index (χ4n) is 2.29. The lowest BCUT2D eigenvalue weighted by Gasteiger charge is -2.16. The van der Waals surface area contributed by atoms with Crippen molar-refractivity contribution < 1.29 is 18.9 Å². The van der Waals surface area contributed by atoms with E-state index in [0.29, 0.717) is 23.8 Å². The third kappa shape index (κ3) is 4.90. The number of aromatic nitrogens is 1. The van der Waals surface area contributed by atoms with E-state index in [4.69, 9.17) is 18.9 Å². The van der Waals surface area contributed by atoms with Crippen molar-refractivity contribution in [2.24, 2.45) is 10.3 Å². The second kappa shape index (κ2) is 8.98. The summed E-state index contributed by atoms with van der Waals surface area (Å²) < 4.78 is 11.0. The SMILES string of the molecule is CON=C(C)C(C)=NOCc1ccccc1C(OC)c1cc(C)no1. The minimum absolute atomic E-state index is 0.292. The molecule has 0 radical (unpaired) electrons. The third-order valence-electron chi connectivity index (χ3n) is 3.65. The molecule has 134 valence electrons. The highest BCUT2D eigenvalue weighted by atomic mass is 16.6. The van der Waals surface area contributed by atoms with Gasteiger partial charge in [0.15, 0.2) is 5.76 Å². The molecule has 0 fully saturated rings. The van der Waals surface area contributed by atoms with Crippen molar-refractivity contribution in [3.05, 3.63) is 52.9 Å². The lowest BCUT2D eigenvalue weighted by Crippen LogP contribution is -2.09. The van der Waals surface area contributed by atoms with Gasteiger partial charge in [0.25, 0.3) is 0 Å². The number of nitrogens with zero attached hydrogens (tertiary/aromatic N) is 3. The zero-order chi connectivity index (χ0) is 18.2. The first kappa shape index (κ1) is 18.7. The summed E-state index contributed by atoms with van der Waals surface area (Å²) in [5.74, 6) is 0.648. The predicted octanol–water partition coefficient (Wildman–Crippen LogP) is 3.63. The van der Waals surface area contributed by atoms with E-state index in [9.17, 15) is 0 Å². The van der Waals surface area contributed by atoms with Crippen LogP contribution in [-0.4, -0.2) is 30.8 Å². The molecule has 0 spiro atoms. The van der Waals surface area contributed by atoms with E-state index in [2.05, 4.69) is 15.5 Å². The number of oxime groups is 2. The minimum Gasteiger partial charge on any atom is -0.399 e. The van der Waals surface area contributed by atoms with Crippen molar-refractivity contribution in [1.82, 2.24) is 5.16 Å².